The number of rotatable bonds is 3. The van der Waals surface area contributed by atoms with Crippen molar-refractivity contribution in [3.8, 4) is 0 Å². The number of ether oxygens (including phenoxy) is 1. The zero-order chi connectivity index (χ0) is 8.93. The van der Waals surface area contributed by atoms with Gasteiger partial charge in [0, 0.05) is 0 Å². The molecule has 0 amide bonds. The van der Waals surface area contributed by atoms with Crippen molar-refractivity contribution in [1.29, 1.82) is 0 Å². The third-order valence-electron chi connectivity index (χ3n) is 2.86. The van der Waals surface area contributed by atoms with Crippen LogP contribution in [0.15, 0.2) is 23.8 Å². The molecular weight excluding hydrogens is 160 g/mol. The lowest BCUT2D eigenvalue weighted by atomic mass is 10.1. The molecule has 0 bridgehead atoms. The van der Waals surface area contributed by atoms with E-state index in [0.29, 0.717) is 6.10 Å². The van der Waals surface area contributed by atoms with E-state index in [1.54, 1.807) is 0 Å². The summed E-state index contributed by atoms with van der Waals surface area (Å²) in [5.74, 6) is 0. The molecule has 2 rings (SSSR count). The van der Waals surface area contributed by atoms with Crippen LogP contribution in [-0.4, -0.2) is 12.7 Å². The van der Waals surface area contributed by atoms with Crippen LogP contribution in [0.25, 0.3) is 0 Å². The zero-order valence-corrected chi connectivity index (χ0v) is 8.17. The Labute approximate surface area is 80.5 Å². The summed E-state index contributed by atoms with van der Waals surface area (Å²) in [4.78, 5) is 0. The molecule has 0 aliphatic heterocycles. The van der Waals surface area contributed by atoms with Crippen molar-refractivity contribution in [2.24, 2.45) is 0 Å². The average molecular weight is 178 g/mol. The maximum atomic E-state index is 5.82. The summed E-state index contributed by atoms with van der Waals surface area (Å²) in [5, 5.41) is 0. The average Bonchev–Trinajstić information content (AvgIpc) is 2.69. The summed E-state index contributed by atoms with van der Waals surface area (Å²) in [5.41, 5.74) is 1.37. The highest BCUT2D eigenvalue weighted by Crippen LogP contribution is 2.22. The van der Waals surface area contributed by atoms with E-state index in [9.17, 15) is 0 Å². The van der Waals surface area contributed by atoms with Gasteiger partial charge in [-0.15, -0.1) is 0 Å². The highest BCUT2D eigenvalue weighted by atomic mass is 16.5. The van der Waals surface area contributed by atoms with Gasteiger partial charge in [-0.1, -0.05) is 31.1 Å². The summed E-state index contributed by atoms with van der Waals surface area (Å²) >= 11 is 0. The number of hydrogen-bond acceptors (Lipinski definition) is 1. The van der Waals surface area contributed by atoms with E-state index < -0.39 is 0 Å². The molecule has 1 heteroatoms. The van der Waals surface area contributed by atoms with Gasteiger partial charge in [-0.3, -0.25) is 0 Å². The van der Waals surface area contributed by atoms with Crippen LogP contribution in [0.5, 0.6) is 0 Å². The topological polar surface area (TPSA) is 9.23 Å². The molecule has 1 fully saturated rings. The Bertz CT molecular complexity index is 209. The summed E-state index contributed by atoms with van der Waals surface area (Å²) in [6.07, 6.45) is 15.0. The normalized spacial score (nSPS) is 23.5. The first-order valence-corrected chi connectivity index (χ1v) is 5.42. The molecule has 0 aromatic rings. The molecule has 0 heterocycles. The van der Waals surface area contributed by atoms with Crippen LogP contribution in [0.3, 0.4) is 0 Å². The number of allylic oxidation sites excluding steroid dienone is 2. The first-order chi connectivity index (χ1) is 6.45. The molecule has 0 saturated heterocycles. The summed E-state index contributed by atoms with van der Waals surface area (Å²) < 4.78 is 5.82. The van der Waals surface area contributed by atoms with Gasteiger partial charge in [-0.25, -0.2) is 0 Å². The first-order valence-electron chi connectivity index (χ1n) is 5.42. The summed E-state index contributed by atoms with van der Waals surface area (Å²) in [7, 11) is 0. The lowest BCUT2D eigenvalue weighted by Crippen LogP contribution is -2.09. The molecule has 0 atom stereocenters. The number of hydrogen-bond donors (Lipinski definition) is 0. The second kappa shape index (κ2) is 4.61. The van der Waals surface area contributed by atoms with Gasteiger partial charge in [-0.2, -0.15) is 0 Å². The summed E-state index contributed by atoms with van der Waals surface area (Å²) in [6.45, 7) is 0.834. The molecule has 0 aromatic carbocycles. The fraction of sp³-hybridized carbons (Fsp3) is 0.667. The van der Waals surface area contributed by atoms with Gasteiger partial charge < -0.3 is 4.74 Å². The minimum atomic E-state index is 0.552. The van der Waals surface area contributed by atoms with Gasteiger partial charge in [0.25, 0.3) is 0 Å². The smallest absolute Gasteiger partial charge is 0.0717 e. The van der Waals surface area contributed by atoms with E-state index in [4.69, 9.17) is 4.74 Å². The van der Waals surface area contributed by atoms with Gasteiger partial charge >= 0.3 is 0 Å². The van der Waals surface area contributed by atoms with Crippen LogP contribution < -0.4 is 0 Å². The molecule has 1 nitrogen and oxygen atoms in total. The van der Waals surface area contributed by atoms with Gasteiger partial charge in [0.2, 0.25) is 0 Å². The minimum Gasteiger partial charge on any atom is -0.374 e. The fourth-order valence-corrected chi connectivity index (χ4v) is 2.04. The van der Waals surface area contributed by atoms with Crippen LogP contribution in [0, 0.1) is 0 Å². The lowest BCUT2D eigenvalue weighted by molar-refractivity contribution is 0.0764. The predicted molar refractivity (Wildman–Crippen MR) is 54.7 cm³/mol. The Balaban J connectivity index is 1.72. The van der Waals surface area contributed by atoms with Gasteiger partial charge in [0.05, 0.1) is 12.7 Å². The van der Waals surface area contributed by atoms with Gasteiger partial charge in [0.1, 0.15) is 0 Å². The summed E-state index contributed by atoms with van der Waals surface area (Å²) in [6, 6.07) is 0. The molecular formula is C12H18O. The SMILES string of the molecule is C1=CC(COC2CCCC2)=CCC1. The molecule has 2 aliphatic carbocycles. The maximum absolute atomic E-state index is 5.82. The molecule has 0 spiro atoms. The van der Waals surface area contributed by atoms with E-state index in [2.05, 4.69) is 18.2 Å². The standard InChI is InChI=1S/C12H18O/c1-2-6-11(7-3-1)10-13-12-8-4-5-9-12/h2,6-7,12H,1,3-5,8-10H2. The van der Waals surface area contributed by atoms with E-state index in [1.807, 2.05) is 0 Å². The van der Waals surface area contributed by atoms with Crippen molar-refractivity contribution in [2.45, 2.75) is 44.6 Å². The highest BCUT2D eigenvalue weighted by molar-refractivity contribution is 5.22. The zero-order valence-electron chi connectivity index (χ0n) is 8.17. The largest absolute Gasteiger partial charge is 0.374 e. The Kier molecular flexibility index (Phi) is 3.20. The van der Waals surface area contributed by atoms with Crippen LogP contribution in [0.4, 0.5) is 0 Å². The Morgan fingerprint density at radius 1 is 1.23 bits per heavy atom. The molecule has 1 saturated carbocycles. The van der Waals surface area contributed by atoms with Crippen molar-refractivity contribution in [2.75, 3.05) is 6.61 Å². The highest BCUT2D eigenvalue weighted by Gasteiger charge is 2.15. The quantitative estimate of drug-likeness (QED) is 0.644. The van der Waals surface area contributed by atoms with Crippen molar-refractivity contribution < 1.29 is 4.74 Å². The van der Waals surface area contributed by atoms with E-state index in [0.717, 1.165) is 6.61 Å². The van der Waals surface area contributed by atoms with Crippen LogP contribution in [-0.2, 0) is 4.74 Å². The Morgan fingerprint density at radius 2 is 2.08 bits per heavy atom. The van der Waals surface area contributed by atoms with E-state index in [1.165, 1.54) is 44.1 Å². The van der Waals surface area contributed by atoms with Gasteiger partial charge in [-0.05, 0) is 31.3 Å². The van der Waals surface area contributed by atoms with E-state index in [-0.39, 0.29) is 0 Å². The third kappa shape index (κ3) is 2.70. The molecule has 0 unspecified atom stereocenters. The van der Waals surface area contributed by atoms with Crippen molar-refractivity contribution in [1.82, 2.24) is 0 Å². The third-order valence-corrected chi connectivity index (χ3v) is 2.86. The maximum Gasteiger partial charge on any atom is 0.0717 e. The molecule has 0 aromatic heterocycles. The molecule has 0 radical (unpaired) electrons. The van der Waals surface area contributed by atoms with Crippen molar-refractivity contribution in [3.63, 3.8) is 0 Å². The van der Waals surface area contributed by atoms with Crippen LogP contribution in [0.1, 0.15) is 38.5 Å². The molecule has 13 heavy (non-hydrogen) atoms. The Morgan fingerprint density at radius 3 is 2.77 bits per heavy atom. The van der Waals surface area contributed by atoms with Crippen LogP contribution in [0.2, 0.25) is 0 Å². The molecule has 72 valence electrons. The minimum absolute atomic E-state index is 0.552. The Hall–Kier alpha value is -0.560. The van der Waals surface area contributed by atoms with Gasteiger partial charge in [0.15, 0.2) is 0 Å². The predicted octanol–water partition coefficient (Wildman–Crippen LogP) is 3.22. The monoisotopic (exact) mass is 178 g/mol. The first kappa shape index (κ1) is 9.01. The van der Waals surface area contributed by atoms with Crippen molar-refractivity contribution in [3.05, 3.63) is 23.8 Å². The molecule has 0 N–H and O–H groups in total. The van der Waals surface area contributed by atoms with E-state index >= 15 is 0 Å². The second-order valence-electron chi connectivity index (χ2n) is 3.98. The lowest BCUT2D eigenvalue weighted by Gasteiger charge is -2.12. The second-order valence-corrected chi connectivity index (χ2v) is 3.98. The van der Waals surface area contributed by atoms with Crippen LogP contribution >= 0.6 is 0 Å². The van der Waals surface area contributed by atoms with Crippen molar-refractivity contribution >= 4 is 0 Å². The fourth-order valence-electron chi connectivity index (χ4n) is 2.04. The molecule has 2 aliphatic rings.